The first-order valence-corrected chi connectivity index (χ1v) is 7.42. The van der Waals surface area contributed by atoms with Gasteiger partial charge in [-0.25, -0.2) is 4.79 Å². The molecule has 0 spiro atoms. The lowest BCUT2D eigenvalue weighted by Gasteiger charge is -2.26. The molecule has 0 saturated heterocycles. The van der Waals surface area contributed by atoms with Gasteiger partial charge < -0.3 is 10.2 Å². The molecule has 1 heterocycles. The first kappa shape index (κ1) is 15.0. The molecule has 3 nitrogen and oxygen atoms in total. The fraction of sp³-hybridized carbons (Fsp3) is 0.643. The highest BCUT2D eigenvalue weighted by molar-refractivity contribution is 7.09. The van der Waals surface area contributed by atoms with Crippen LogP contribution in [0, 0.1) is 11.8 Å². The third-order valence-electron chi connectivity index (χ3n) is 2.45. The van der Waals surface area contributed by atoms with E-state index in [1.807, 2.05) is 22.4 Å². The molecule has 0 aromatic carbocycles. The molecule has 0 aliphatic rings. The van der Waals surface area contributed by atoms with Gasteiger partial charge >= 0.3 is 6.03 Å². The van der Waals surface area contributed by atoms with Crippen molar-refractivity contribution in [3.63, 3.8) is 0 Å². The monoisotopic (exact) mass is 268 g/mol. The highest BCUT2D eigenvalue weighted by Gasteiger charge is 2.15. The summed E-state index contributed by atoms with van der Waals surface area (Å²) in [6, 6.07) is 4.09. The normalized spacial score (nSPS) is 11.0. The zero-order chi connectivity index (χ0) is 13.5. The van der Waals surface area contributed by atoms with E-state index in [-0.39, 0.29) is 6.03 Å². The minimum Gasteiger partial charge on any atom is -0.333 e. The number of thiophene rings is 1. The predicted octanol–water partition coefficient (Wildman–Crippen LogP) is 3.57. The zero-order valence-electron chi connectivity index (χ0n) is 11.8. The minimum atomic E-state index is 0.0470. The number of carbonyl (C=O) groups excluding carboxylic acids is 1. The average Bonchev–Trinajstić information content (AvgIpc) is 2.76. The number of hydrogen-bond acceptors (Lipinski definition) is 2. The summed E-state index contributed by atoms with van der Waals surface area (Å²) >= 11 is 1.67. The Morgan fingerprint density at radius 2 is 1.89 bits per heavy atom. The SMILES string of the molecule is CC(C)CN(CC(C)C)C(=O)NCc1cccs1. The molecular formula is C14H24N2OS. The summed E-state index contributed by atoms with van der Waals surface area (Å²) in [5.41, 5.74) is 0. The van der Waals surface area contributed by atoms with Crippen molar-refractivity contribution in [2.75, 3.05) is 13.1 Å². The van der Waals surface area contributed by atoms with Gasteiger partial charge in [-0.2, -0.15) is 0 Å². The molecule has 1 aromatic rings. The second-order valence-corrected chi connectivity index (χ2v) is 6.46. The lowest BCUT2D eigenvalue weighted by atomic mass is 10.1. The molecule has 0 fully saturated rings. The van der Waals surface area contributed by atoms with Crippen LogP contribution in [0.5, 0.6) is 0 Å². The Labute approximate surface area is 114 Å². The largest absolute Gasteiger partial charge is 0.333 e. The van der Waals surface area contributed by atoms with Crippen molar-refractivity contribution in [2.45, 2.75) is 34.2 Å². The smallest absolute Gasteiger partial charge is 0.317 e. The third-order valence-corrected chi connectivity index (χ3v) is 3.33. The Morgan fingerprint density at radius 3 is 2.33 bits per heavy atom. The molecule has 0 unspecified atom stereocenters. The highest BCUT2D eigenvalue weighted by Crippen LogP contribution is 2.09. The molecule has 0 aliphatic heterocycles. The molecule has 1 N–H and O–H groups in total. The summed E-state index contributed by atoms with van der Waals surface area (Å²) in [6.07, 6.45) is 0. The van der Waals surface area contributed by atoms with E-state index in [2.05, 4.69) is 33.0 Å². The van der Waals surface area contributed by atoms with Gasteiger partial charge in [0.05, 0.1) is 6.54 Å². The van der Waals surface area contributed by atoms with Gasteiger partial charge in [0.2, 0.25) is 0 Å². The van der Waals surface area contributed by atoms with Crippen LogP contribution in [0.4, 0.5) is 4.79 Å². The molecule has 4 heteroatoms. The molecule has 1 rings (SSSR count). The van der Waals surface area contributed by atoms with Crippen LogP contribution in [0.1, 0.15) is 32.6 Å². The maximum absolute atomic E-state index is 12.1. The van der Waals surface area contributed by atoms with Crippen molar-refractivity contribution in [3.8, 4) is 0 Å². The van der Waals surface area contributed by atoms with E-state index in [1.165, 1.54) is 4.88 Å². The lowest BCUT2D eigenvalue weighted by molar-refractivity contribution is 0.183. The minimum absolute atomic E-state index is 0.0470. The van der Waals surface area contributed by atoms with Gasteiger partial charge in [0.15, 0.2) is 0 Å². The predicted molar refractivity (Wildman–Crippen MR) is 77.8 cm³/mol. The van der Waals surface area contributed by atoms with E-state index in [4.69, 9.17) is 0 Å². The van der Waals surface area contributed by atoms with Gasteiger partial charge in [-0.1, -0.05) is 33.8 Å². The molecule has 1 aromatic heterocycles. The number of rotatable bonds is 6. The number of carbonyl (C=O) groups is 1. The molecule has 0 saturated carbocycles. The second kappa shape index (κ2) is 7.41. The quantitative estimate of drug-likeness (QED) is 0.840. The van der Waals surface area contributed by atoms with E-state index < -0.39 is 0 Å². The molecule has 0 bridgehead atoms. The lowest BCUT2D eigenvalue weighted by Crippen LogP contribution is -2.43. The topological polar surface area (TPSA) is 32.3 Å². The van der Waals surface area contributed by atoms with Crippen LogP contribution in [0.15, 0.2) is 17.5 Å². The molecule has 0 aliphatic carbocycles. The maximum atomic E-state index is 12.1. The number of amides is 2. The van der Waals surface area contributed by atoms with E-state index in [0.717, 1.165) is 13.1 Å². The zero-order valence-corrected chi connectivity index (χ0v) is 12.6. The van der Waals surface area contributed by atoms with Crippen molar-refractivity contribution in [2.24, 2.45) is 11.8 Å². The average molecular weight is 268 g/mol. The van der Waals surface area contributed by atoms with Crippen LogP contribution >= 0.6 is 11.3 Å². The highest BCUT2D eigenvalue weighted by atomic mass is 32.1. The standard InChI is InChI=1S/C14H24N2OS/c1-11(2)9-16(10-12(3)4)14(17)15-8-13-6-5-7-18-13/h5-7,11-12H,8-10H2,1-4H3,(H,15,17). The molecule has 2 amide bonds. The third kappa shape index (κ3) is 5.54. The Bertz CT molecular complexity index is 337. The van der Waals surface area contributed by atoms with Crippen LogP contribution in [0.3, 0.4) is 0 Å². The fourth-order valence-electron chi connectivity index (χ4n) is 1.81. The number of nitrogens with one attached hydrogen (secondary N) is 1. The Balaban J connectivity index is 2.47. The summed E-state index contributed by atoms with van der Waals surface area (Å²) in [5, 5.41) is 5.02. The summed E-state index contributed by atoms with van der Waals surface area (Å²) in [5.74, 6) is 0.993. The first-order valence-electron chi connectivity index (χ1n) is 6.54. The van der Waals surface area contributed by atoms with E-state index in [9.17, 15) is 4.79 Å². The van der Waals surface area contributed by atoms with Crippen LogP contribution in [0.2, 0.25) is 0 Å². The van der Waals surface area contributed by atoms with Crippen molar-refractivity contribution in [3.05, 3.63) is 22.4 Å². The summed E-state index contributed by atoms with van der Waals surface area (Å²) in [7, 11) is 0. The van der Waals surface area contributed by atoms with Crippen molar-refractivity contribution in [1.29, 1.82) is 0 Å². The van der Waals surface area contributed by atoms with Crippen LogP contribution < -0.4 is 5.32 Å². The van der Waals surface area contributed by atoms with E-state index >= 15 is 0 Å². The van der Waals surface area contributed by atoms with Gasteiger partial charge in [0.1, 0.15) is 0 Å². The van der Waals surface area contributed by atoms with Crippen LogP contribution in [-0.2, 0) is 6.54 Å². The number of urea groups is 1. The first-order chi connectivity index (χ1) is 8.49. The Morgan fingerprint density at radius 1 is 1.28 bits per heavy atom. The number of nitrogens with zero attached hydrogens (tertiary/aromatic N) is 1. The van der Waals surface area contributed by atoms with Crippen molar-refractivity contribution in [1.82, 2.24) is 10.2 Å². The van der Waals surface area contributed by atoms with Gasteiger partial charge in [-0.3, -0.25) is 0 Å². The second-order valence-electron chi connectivity index (χ2n) is 5.43. The molecular weight excluding hydrogens is 244 g/mol. The molecule has 102 valence electrons. The van der Waals surface area contributed by atoms with Gasteiger partial charge in [-0.15, -0.1) is 11.3 Å². The van der Waals surface area contributed by atoms with E-state index in [1.54, 1.807) is 11.3 Å². The summed E-state index contributed by atoms with van der Waals surface area (Å²) in [6.45, 7) is 10.8. The fourth-order valence-corrected chi connectivity index (χ4v) is 2.45. The van der Waals surface area contributed by atoms with Crippen LogP contribution in [-0.4, -0.2) is 24.0 Å². The van der Waals surface area contributed by atoms with E-state index in [0.29, 0.717) is 18.4 Å². The summed E-state index contributed by atoms with van der Waals surface area (Å²) in [4.78, 5) is 15.2. The summed E-state index contributed by atoms with van der Waals surface area (Å²) < 4.78 is 0. The van der Waals surface area contributed by atoms with Gasteiger partial charge in [-0.05, 0) is 23.3 Å². The van der Waals surface area contributed by atoms with Crippen LogP contribution in [0.25, 0.3) is 0 Å². The van der Waals surface area contributed by atoms with Crippen molar-refractivity contribution >= 4 is 17.4 Å². The Hall–Kier alpha value is -1.03. The molecule has 0 atom stereocenters. The molecule has 0 radical (unpaired) electrons. The van der Waals surface area contributed by atoms with Gasteiger partial charge in [0, 0.05) is 18.0 Å². The maximum Gasteiger partial charge on any atom is 0.317 e. The van der Waals surface area contributed by atoms with Crippen molar-refractivity contribution < 1.29 is 4.79 Å². The van der Waals surface area contributed by atoms with Gasteiger partial charge in [0.25, 0.3) is 0 Å². The Kier molecular flexibility index (Phi) is 6.19. The number of hydrogen-bond donors (Lipinski definition) is 1. The molecule has 18 heavy (non-hydrogen) atoms.